The van der Waals surface area contributed by atoms with Crippen LogP contribution >= 0.6 is 0 Å². The van der Waals surface area contributed by atoms with Gasteiger partial charge in [-0.2, -0.15) is 5.10 Å². The number of nitrogens with one attached hydrogen (secondary N) is 1. The summed E-state index contributed by atoms with van der Waals surface area (Å²) in [6.45, 7) is 0.527. The summed E-state index contributed by atoms with van der Waals surface area (Å²) in [5.41, 5.74) is 3.87. The van der Waals surface area contributed by atoms with Crippen LogP contribution in [0.25, 0.3) is 22.7 Å². The summed E-state index contributed by atoms with van der Waals surface area (Å²) < 4.78 is 3.68. The van der Waals surface area contributed by atoms with E-state index in [1.807, 2.05) is 75.8 Å². The van der Waals surface area contributed by atoms with Crippen LogP contribution in [0, 0.1) is 0 Å². The number of aromatic nitrogens is 5. The number of nitrogens with zero attached hydrogens (tertiary/aromatic N) is 5. The molecule has 5 aromatic rings. The number of benzene rings is 2. The molecule has 5 rings (SSSR count). The molecule has 0 spiro atoms. The van der Waals surface area contributed by atoms with Crippen LogP contribution in [0.1, 0.15) is 16.1 Å². The number of fused-ring (bicyclic) bond motifs is 1. The molecule has 0 saturated carbocycles. The zero-order valence-electron chi connectivity index (χ0n) is 16.7. The Hall–Kier alpha value is -4.26. The Balaban J connectivity index is 1.47. The first kappa shape index (κ1) is 18.7. The van der Waals surface area contributed by atoms with Crippen LogP contribution in [0.15, 0.2) is 91.5 Å². The van der Waals surface area contributed by atoms with Crippen LogP contribution in [0.5, 0.6) is 0 Å². The number of carbonyl (C=O) groups excluding carboxylic acids is 1. The largest absolute Gasteiger partial charge is 0.350 e. The fourth-order valence-corrected chi connectivity index (χ4v) is 3.58. The van der Waals surface area contributed by atoms with Crippen molar-refractivity contribution in [2.75, 3.05) is 6.54 Å². The lowest BCUT2D eigenvalue weighted by Gasteiger charge is -2.06. The van der Waals surface area contributed by atoms with Gasteiger partial charge in [0, 0.05) is 18.9 Å². The zero-order chi connectivity index (χ0) is 21.0. The zero-order valence-corrected chi connectivity index (χ0v) is 16.7. The van der Waals surface area contributed by atoms with E-state index in [1.165, 1.54) is 5.56 Å². The van der Waals surface area contributed by atoms with Gasteiger partial charge in [0.15, 0.2) is 11.5 Å². The van der Waals surface area contributed by atoms with E-state index in [-0.39, 0.29) is 5.91 Å². The van der Waals surface area contributed by atoms with E-state index < -0.39 is 0 Å². The minimum absolute atomic E-state index is 0.224. The molecule has 3 heterocycles. The average Bonchev–Trinajstić information content (AvgIpc) is 3.45. The normalized spacial score (nSPS) is 11.0. The van der Waals surface area contributed by atoms with Gasteiger partial charge in [-0.05, 0) is 30.2 Å². The van der Waals surface area contributed by atoms with Crippen molar-refractivity contribution < 1.29 is 4.79 Å². The summed E-state index contributed by atoms with van der Waals surface area (Å²) >= 11 is 0. The van der Waals surface area contributed by atoms with Crippen LogP contribution in [-0.2, 0) is 6.42 Å². The van der Waals surface area contributed by atoms with Gasteiger partial charge < -0.3 is 5.32 Å². The average molecular weight is 408 g/mol. The molecule has 0 unspecified atom stereocenters. The maximum atomic E-state index is 12.9. The van der Waals surface area contributed by atoms with Crippen molar-refractivity contribution in [3.05, 3.63) is 103 Å². The molecule has 0 bridgehead atoms. The van der Waals surface area contributed by atoms with Crippen molar-refractivity contribution in [3.63, 3.8) is 0 Å². The molecule has 7 nitrogen and oxygen atoms in total. The van der Waals surface area contributed by atoms with Crippen molar-refractivity contribution in [1.29, 1.82) is 0 Å². The number of carbonyl (C=O) groups is 1. The Bertz CT molecular complexity index is 1320. The van der Waals surface area contributed by atoms with Crippen molar-refractivity contribution in [3.8, 4) is 17.2 Å². The Morgan fingerprint density at radius 2 is 1.71 bits per heavy atom. The molecule has 0 aliphatic heterocycles. The number of rotatable bonds is 6. The van der Waals surface area contributed by atoms with Crippen LogP contribution in [0.4, 0.5) is 0 Å². The fraction of sp³-hybridized carbons (Fsp3) is 0.0833. The monoisotopic (exact) mass is 408 g/mol. The molecule has 0 radical (unpaired) electrons. The van der Waals surface area contributed by atoms with Gasteiger partial charge in [-0.15, -0.1) is 0 Å². The molecule has 0 saturated heterocycles. The number of hydrogen-bond acceptors (Lipinski definition) is 4. The van der Waals surface area contributed by atoms with Crippen LogP contribution < -0.4 is 5.32 Å². The quantitative estimate of drug-likeness (QED) is 0.466. The first-order valence-electron chi connectivity index (χ1n) is 10.1. The van der Waals surface area contributed by atoms with E-state index in [0.717, 1.165) is 17.8 Å². The number of hydrogen-bond donors (Lipinski definition) is 1. The second kappa shape index (κ2) is 8.23. The molecular weight excluding hydrogens is 388 g/mol. The molecule has 2 aromatic carbocycles. The minimum atomic E-state index is -0.224. The third-order valence-corrected chi connectivity index (χ3v) is 5.08. The standard InChI is InChI=1S/C24H20N6O/c31-24(26-13-11-18-7-3-1-4-8-18)22-21-17-25-15-16-29(21)23(28-22)20-12-14-27-30(20)19-9-5-2-6-10-19/h1-10,12,14-17H,11,13H2,(H,26,31). The van der Waals surface area contributed by atoms with E-state index in [2.05, 4.69) is 15.4 Å². The maximum Gasteiger partial charge on any atom is 0.272 e. The summed E-state index contributed by atoms with van der Waals surface area (Å²) in [6.07, 6.45) is 7.62. The highest BCUT2D eigenvalue weighted by atomic mass is 16.1. The van der Waals surface area contributed by atoms with Gasteiger partial charge in [0.25, 0.3) is 5.91 Å². The van der Waals surface area contributed by atoms with Gasteiger partial charge in [0.1, 0.15) is 5.69 Å². The van der Waals surface area contributed by atoms with Crippen LogP contribution in [-0.4, -0.2) is 36.6 Å². The SMILES string of the molecule is O=C(NCCc1ccccc1)c1nc(-c2ccnn2-c2ccccc2)n2ccncc12. The summed E-state index contributed by atoms with van der Waals surface area (Å²) in [6, 6.07) is 21.8. The van der Waals surface area contributed by atoms with E-state index in [1.54, 1.807) is 24.8 Å². The van der Waals surface area contributed by atoms with Crippen LogP contribution in [0.3, 0.4) is 0 Å². The summed E-state index contributed by atoms with van der Waals surface area (Å²) in [7, 11) is 0. The molecular formula is C24H20N6O. The van der Waals surface area contributed by atoms with Gasteiger partial charge in [0.2, 0.25) is 0 Å². The number of imidazole rings is 1. The number of amides is 1. The molecule has 0 atom stereocenters. The Kier molecular flexibility index (Phi) is 4.98. The van der Waals surface area contributed by atoms with Crippen molar-refractivity contribution in [1.82, 2.24) is 29.5 Å². The third kappa shape index (κ3) is 3.69. The second-order valence-electron chi connectivity index (χ2n) is 7.07. The first-order valence-corrected chi connectivity index (χ1v) is 10.1. The Morgan fingerprint density at radius 1 is 0.935 bits per heavy atom. The number of para-hydroxylation sites is 1. The minimum Gasteiger partial charge on any atom is -0.350 e. The second-order valence-corrected chi connectivity index (χ2v) is 7.07. The van der Waals surface area contributed by atoms with Crippen molar-refractivity contribution >= 4 is 11.4 Å². The molecule has 0 aliphatic carbocycles. The van der Waals surface area contributed by atoms with E-state index in [0.29, 0.717) is 23.6 Å². The molecule has 7 heteroatoms. The smallest absolute Gasteiger partial charge is 0.272 e. The predicted octanol–water partition coefficient (Wildman–Crippen LogP) is 3.55. The lowest BCUT2D eigenvalue weighted by atomic mass is 10.1. The van der Waals surface area contributed by atoms with E-state index in [4.69, 9.17) is 4.98 Å². The molecule has 3 aromatic heterocycles. The highest BCUT2D eigenvalue weighted by Crippen LogP contribution is 2.24. The van der Waals surface area contributed by atoms with Gasteiger partial charge in [0.05, 0.1) is 23.6 Å². The maximum absolute atomic E-state index is 12.9. The Morgan fingerprint density at radius 3 is 2.52 bits per heavy atom. The fourth-order valence-electron chi connectivity index (χ4n) is 3.58. The molecule has 1 N–H and O–H groups in total. The molecule has 0 fully saturated rings. The van der Waals surface area contributed by atoms with E-state index >= 15 is 0 Å². The summed E-state index contributed by atoms with van der Waals surface area (Å²) in [5.74, 6) is 0.408. The summed E-state index contributed by atoms with van der Waals surface area (Å²) in [5, 5.41) is 7.43. The summed E-state index contributed by atoms with van der Waals surface area (Å²) in [4.78, 5) is 21.8. The lowest BCUT2D eigenvalue weighted by Crippen LogP contribution is -2.26. The van der Waals surface area contributed by atoms with Gasteiger partial charge in [-0.3, -0.25) is 14.2 Å². The highest BCUT2D eigenvalue weighted by molar-refractivity contribution is 5.99. The van der Waals surface area contributed by atoms with Gasteiger partial charge in [-0.1, -0.05) is 48.5 Å². The van der Waals surface area contributed by atoms with Gasteiger partial charge in [-0.25, -0.2) is 9.67 Å². The first-order chi connectivity index (χ1) is 15.3. The van der Waals surface area contributed by atoms with Crippen LogP contribution in [0.2, 0.25) is 0 Å². The topological polar surface area (TPSA) is 77.1 Å². The molecule has 152 valence electrons. The molecule has 0 aliphatic rings. The predicted molar refractivity (Wildman–Crippen MR) is 118 cm³/mol. The molecule has 31 heavy (non-hydrogen) atoms. The third-order valence-electron chi connectivity index (χ3n) is 5.08. The lowest BCUT2D eigenvalue weighted by molar-refractivity contribution is 0.0951. The van der Waals surface area contributed by atoms with Gasteiger partial charge >= 0.3 is 0 Å². The van der Waals surface area contributed by atoms with Crippen molar-refractivity contribution in [2.24, 2.45) is 0 Å². The molecule has 1 amide bonds. The Labute approximate surface area is 179 Å². The highest BCUT2D eigenvalue weighted by Gasteiger charge is 2.21. The van der Waals surface area contributed by atoms with E-state index in [9.17, 15) is 4.79 Å². The van der Waals surface area contributed by atoms with Crippen molar-refractivity contribution in [2.45, 2.75) is 6.42 Å².